The van der Waals surface area contributed by atoms with E-state index in [1.54, 1.807) is 0 Å². The molecule has 0 aromatic carbocycles. The first-order valence-electron chi connectivity index (χ1n) is 3.49. The molecule has 1 aliphatic rings. The summed E-state index contributed by atoms with van der Waals surface area (Å²) >= 11 is 0. The molecule has 2 nitrogen and oxygen atoms in total. The van der Waals surface area contributed by atoms with Crippen LogP contribution in [0.2, 0.25) is 0 Å². The molecule has 0 radical (unpaired) electrons. The predicted octanol–water partition coefficient (Wildman–Crippen LogP) is 0.794. The molecule has 2 atom stereocenters. The highest BCUT2D eigenvalue weighted by Crippen LogP contribution is 2.27. The van der Waals surface area contributed by atoms with Crippen molar-refractivity contribution in [3.05, 3.63) is 0 Å². The average molecular weight is 130 g/mol. The van der Waals surface area contributed by atoms with Crippen LogP contribution in [-0.4, -0.2) is 23.9 Å². The highest BCUT2D eigenvalue weighted by molar-refractivity contribution is 4.86. The van der Waals surface area contributed by atoms with Gasteiger partial charge in [0.1, 0.15) is 0 Å². The van der Waals surface area contributed by atoms with E-state index in [-0.39, 0.29) is 0 Å². The molecule has 1 rings (SSSR count). The van der Waals surface area contributed by atoms with Gasteiger partial charge in [-0.1, -0.05) is 13.8 Å². The van der Waals surface area contributed by atoms with Crippen molar-refractivity contribution in [1.82, 2.24) is 0 Å². The molecule has 0 aromatic rings. The third-order valence-electron chi connectivity index (χ3n) is 2.25. The zero-order valence-corrected chi connectivity index (χ0v) is 6.05. The standard InChI is InChI=1S/C7H14O2/c1-3-7(8)5-9-4-6(7)2/h6,8H,3-5H2,1-2H3/t6-,7-/m0/s1. The van der Waals surface area contributed by atoms with Crippen LogP contribution < -0.4 is 0 Å². The summed E-state index contributed by atoms with van der Waals surface area (Å²) in [5, 5.41) is 9.64. The van der Waals surface area contributed by atoms with Crippen molar-refractivity contribution in [1.29, 1.82) is 0 Å². The Morgan fingerprint density at radius 1 is 1.78 bits per heavy atom. The van der Waals surface area contributed by atoms with E-state index in [2.05, 4.69) is 0 Å². The first kappa shape index (κ1) is 7.03. The second-order valence-electron chi connectivity index (χ2n) is 2.87. The van der Waals surface area contributed by atoms with Gasteiger partial charge in [0.15, 0.2) is 0 Å². The molecular formula is C7H14O2. The van der Waals surface area contributed by atoms with Gasteiger partial charge in [0.25, 0.3) is 0 Å². The lowest BCUT2D eigenvalue weighted by Crippen LogP contribution is -2.34. The minimum atomic E-state index is -0.528. The van der Waals surface area contributed by atoms with Crippen molar-refractivity contribution in [2.24, 2.45) is 5.92 Å². The predicted molar refractivity (Wildman–Crippen MR) is 35.2 cm³/mol. The normalized spacial score (nSPS) is 43.7. The van der Waals surface area contributed by atoms with Crippen LogP contribution in [0.4, 0.5) is 0 Å². The molecule has 1 saturated heterocycles. The molecule has 1 heterocycles. The molecule has 0 amide bonds. The molecule has 0 bridgehead atoms. The van der Waals surface area contributed by atoms with Gasteiger partial charge in [-0.3, -0.25) is 0 Å². The Kier molecular flexibility index (Phi) is 1.78. The van der Waals surface area contributed by atoms with Crippen molar-refractivity contribution in [3.8, 4) is 0 Å². The summed E-state index contributed by atoms with van der Waals surface area (Å²) in [6, 6.07) is 0. The van der Waals surface area contributed by atoms with Gasteiger partial charge in [0.05, 0.1) is 18.8 Å². The van der Waals surface area contributed by atoms with Crippen molar-refractivity contribution >= 4 is 0 Å². The summed E-state index contributed by atoms with van der Waals surface area (Å²) in [6.45, 7) is 5.25. The van der Waals surface area contributed by atoms with Gasteiger partial charge in [-0.2, -0.15) is 0 Å². The lowest BCUT2D eigenvalue weighted by Gasteiger charge is -2.22. The fourth-order valence-electron chi connectivity index (χ4n) is 1.16. The van der Waals surface area contributed by atoms with Gasteiger partial charge in [0, 0.05) is 5.92 Å². The maximum atomic E-state index is 9.64. The number of ether oxygens (including phenoxy) is 1. The lowest BCUT2D eigenvalue weighted by molar-refractivity contribution is 0.00202. The van der Waals surface area contributed by atoms with Gasteiger partial charge in [-0.05, 0) is 6.42 Å². The van der Waals surface area contributed by atoms with Crippen LogP contribution in [0.15, 0.2) is 0 Å². The molecule has 0 aromatic heterocycles. The Labute approximate surface area is 55.8 Å². The monoisotopic (exact) mass is 130 g/mol. The summed E-state index contributed by atoms with van der Waals surface area (Å²) in [4.78, 5) is 0. The molecule has 2 heteroatoms. The number of hydrogen-bond donors (Lipinski definition) is 1. The van der Waals surface area contributed by atoms with Crippen LogP contribution >= 0.6 is 0 Å². The van der Waals surface area contributed by atoms with E-state index in [9.17, 15) is 5.11 Å². The van der Waals surface area contributed by atoms with E-state index in [1.165, 1.54) is 0 Å². The van der Waals surface area contributed by atoms with E-state index >= 15 is 0 Å². The van der Waals surface area contributed by atoms with Gasteiger partial charge >= 0.3 is 0 Å². The number of hydrogen-bond acceptors (Lipinski definition) is 2. The van der Waals surface area contributed by atoms with Gasteiger partial charge in [-0.25, -0.2) is 0 Å². The molecule has 1 N–H and O–H groups in total. The third-order valence-corrected chi connectivity index (χ3v) is 2.25. The van der Waals surface area contributed by atoms with Gasteiger partial charge < -0.3 is 9.84 Å². The molecule has 1 aliphatic heterocycles. The summed E-state index contributed by atoms with van der Waals surface area (Å²) < 4.78 is 5.11. The topological polar surface area (TPSA) is 29.5 Å². The van der Waals surface area contributed by atoms with E-state index in [1.807, 2.05) is 13.8 Å². The molecule has 1 fully saturated rings. The van der Waals surface area contributed by atoms with E-state index in [0.717, 1.165) is 6.42 Å². The molecule has 0 saturated carbocycles. The van der Waals surface area contributed by atoms with Crippen molar-refractivity contribution in [3.63, 3.8) is 0 Å². The fraction of sp³-hybridized carbons (Fsp3) is 1.00. The highest BCUT2D eigenvalue weighted by Gasteiger charge is 2.37. The van der Waals surface area contributed by atoms with E-state index in [4.69, 9.17) is 4.74 Å². The smallest absolute Gasteiger partial charge is 0.0924 e. The SMILES string of the molecule is CC[C@]1(O)COC[C@@H]1C. The van der Waals surface area contributed by atoms with Crippen LogP contribution in [-0.2, 0) is 4.74 Å². The quantitative estimate of drug-likeness (QED) is 0.568. The van der Waals surface area contributed by atoms with Crippen molar-refractivity contribution in [2.75, 3.05) is 13.2 Å². The Balaban J connectivity index is 2.56. The zero-order chi connectivity index (χ0) is 6.91. The van der Waals surface area contributed by atoms with Gasteiger partial charge in [0.2, 0.25) is 0 Å². The maximum absolute atomic E-state index is 9.64. The van der Waals surface area contributed by atoms with Crippen LogP contribution in [0, 0.1) is 5.92 Å². The summed E-state index contributed by atoms with van der Waals surface area (Å²) in [5.41, 5.74) is -0.528. The Morgan fingerprint density at radius 2 is 2.44 bits per heavy atom. The van der Waals surface area contributed by atoms with Crippen molar-refractivity contribution in [2.45, 2.75) is 25.9 Å². The molecule has 54 valence electrons. The maximum Gasteiger partial charge on any atom is 0.0924 e. The first-order chi connectivity index (χ1) is 4.19. The molecule has 0 aliphatic carbocycles. The second kappa shape index (κ2) is 2.27. The Morgan fingerprint density at radius 3 is 2.67 bits per heavy atom. The summed E-state index contributed by atoms with van der Waals surface area (Å²) in [6.07, 6.45) is 0.800. The van der Waals surface area contributed by atoms with Crippen LogP contribution in [0.3, 0.4) is 0 Å². The molecular weight excluding hydrogens is 116 g/mol. The third kappa shape index (κ3) is 1.10. The molecule has 0 spiro atoms. The van der Waals surface area contributed by atoms with Crippen molar-refractivity contribution < 1.29 is 9.84 Å². The second-order valence-corrected chi connectivity index (χ2v) is 2.87. The average Bonchev–Trinajstić information content (AvgIpc) is 2.15. The molecule has 0 unspecified atom stereocenters. The van der Waals surface area contributed by atoms with E-state index in [0.29, 0.717) is 19.1 Å². The molecule has 9 heavy (non-hydrogen) atoms. The van der Waals surface area contributed by atoms with E-state index < -0.39 is 5.60 Å². The van der Waals surface area contributed by atoms with Gasteiger partial charge in [-0.15, -0.1) is 0 Å². The largest absolute Gasteiger partial charge is 0.387 e. The zero-order valence-electron chi connectivity index (χ0n) is 6.05. The minimum Gasteiger partial charge on any atom is -0.387 e. The van der Waals surface area contributed by atoms with Crippen LogP contribution in [0.1, 0.15) is 20.3 Å². The minimum absolute atomic E-state index is 0.308. The summed E-state index contributed by atoms with van der Waals surface area (Å²) in [7, 11) is 0. The number of aliphatic hydroxyl groups is 1. The Bertz CT molecular complexity index is 103. The summed E-state index contributed by atoms with van der Waals surface area (Å²) in [5.74, 6) is 0.308. The van der Waals surface area contributed by atoms with Crippen LogP contribution in [0.5, 0.6) is 0 Å². The Hall–Kier alpha value is -0.0800. The number of rotatable bonds is 1. The fourth-order valence-corrected chi connectivity index (χ4v) is 1.16. The lowest BCUT2D eigenvalue weighted by atomic mass is 9.90. The highest BCUT2D eigenvalue weighted by atomic mass is 16.5. The van der Waals surface area contributed by atoms with Crippen LogP contribution in [0.25, 0.3) is 0 Å². The first-order valence-corrected chi connectivity index (χ1v) is 3.49.